The van der Waals surface area contributed by atoms with Crippen molar-refractivity contribution < 1.29 is 9.59 Å². The summed E-state index contributed by atoms with van der Waals surface area (Å²) in [6, 6.07) is 9.95. The number of thioether (sulfide) groups is 1. The highest BCUT2D eigenvalue weighted by Gasteiger charge is 2.30. The van der Waals surface area contributed by atoms with Crippen LogP contribution in [0.25, 0.3) is 0 Å². The molecule has 3 fully saturated rings. The van der Waals surface area contributed by atoms with Crippen molar-refractivity contribution >= 4 is 23.6 Å². The maximum absolute atomic E-state index is 13.1. The monoisotopic (exact) mass is 444 g/mol. The van der Waals surface area contributed by atoms with Crippen LogP contribution in [0.2, 0.25) is 0 Å². The molecule has 6 nitrogen and oxygen atoms in total. The predicted molar refractivity (Wildman–Crippen MR) is 126 cm³/mol. The fourth-order valence-corrected chi connectivity index (χ4v) is 5.99. The molecule has 2 heterocycles. The average Bonchev–Trinajstić information content (AvgIpc) is 3.36. The van der Waals surface area contributed by atoms with Gasteiger partial charge in [-0.1, -0.05) is 43.2 Å². The van der Waals surface area contributed by atoms with Crippen molar-refractivity contribution in [2.75, 3.05) is 63.9 Å². The molecule has 1 aromatic rings. The molecule has 1 saturated carbocycles. The Bertz CT molecular complexity index is 712. The molecule has 7 heteroatoms. The standard InChI is InChI=1S/C24H36N4O2S/c29-23(22(20-6-2-1-3-7-20)27-16-18-31-19-17-27)25-10-11-26-12-14-28(15-13-26)24(30)21-8-4-5-9-21/h1-3,6-7,21-22H,4-5,8-19H2,(H,25,29). The molecular formula is C24H36N4O2S. The minimum Gasteiger partial charge on any atom is -0.353 e. The van der Waals surface area contributed by atoms with Gasteiger partial charge in [-0.05, 0) is 18.4 Å². The van der Waals surface area contributed by atoms with Crippen LogP contribution >= 0.6 is 11.8 Å². The lowest BCUT2D eigenvalue weighted by atomic mass is 10.0. The van der Waals surface area contributed by atoms with Gasteiger partial charge in [-0.15, -0.1) is 0 Å². The Kier molecular flexibility index (Phi) is 8.27. The van der Waals surface area contributed by atoms with Crippen molar-refractivity contribution in [3.63, 3.8) is 0 Å². The van der Waals surface area contributed by atoms with Crippen molar-refractivity contribution in [2.24, 2.45) is 5.92 Å². The molecule has 1 N–H and O–H groups in total. The number of rotatable bonds is 7. The van der Waals surface area contributed by atoms with Crippen LogP contribution in [0.1, 0.15) is 37.3 Å². The first-order valence-corrected chi connectivity index (χ1v) is 13.0. The fraction of sp³-hybridized carbons (Fsp3) is 0.667. The minimum absolute atomic E-state index is 0.105. The summed E-state index contributed by atoms with van der Waals surface area (Å²) in [7, 11) is 0. The Hall–Kier alpha value is -1.57. The molecule has 0 radical (unpaired) electrons. The molecule has 2 amide bonds. The second kappa shape index (κ2) is 11.3. The van der Waals surface area contributed by atoms with Crippen molar-refractivity contribution in [3.8, 4) is 0 Å². The van der Waals surface area contributed by atoms with E-state index in [2.05, 4.69) is 32.1 Å². The number of carbonyl (C=O) groups is 2. The van der Waals surface area contributed by atoms with Crippen LogP contribution in [0.15, 0.2) is 30.3 Å². The van der Waals surface area contributed by atoms with Gasteiger partial charge in [-0.2, -0.15) is 11.8 Å². The van der Waals surface area contributed by atoms with Gasteiger partial charge in [0.05, 0.1) is 0 Å². The van der Waals surface area contributed by atoms with Gasteiger partial charge in [0.25, 0.3) is 0 Å². The lowest BCUT2D eigenvalue weighted by Gasteiger charge is -2.36. The van der Waals surface area contributed by atoms with E-state index in [0.29, 0.717) is 12.5 Å². The number of benzene rings is 1. The summed E-state index contributed by atoms with van der Waals surface area (Å²) in [5.74, 6) is 2.92. The van der Waals surface area contributed by atoms with Crippen LogP contribution in [0.3, 0.4) is 0 Å². The highest BCUT2D eigenvalue weighted by atomic mass is 32.2. The number of piperazine rings is 1. The number of hydrogen-bond donors (Lipinski definition) is 1. The zero-order valence-corrected chi connectivity index (χ0v) is 19.3. The molecule has 4 rings (SSSR count). The summed E-state index contributed by atoms with van der Waals surface area (Å²) in [6.07, 6.45) is 4.55. The van der Waals surface area contributed by atoms with Gasteiger partial charge >= 0.3 is 0 Å². The summed E-state index contributed by atoms with van der Waals surface area (Å²) in [6.45, 7) is 6.85. The Morgan fingerprint density at radius 3 is 2.32 bits per heavy atom. The maximum atomic E-state index is 13.1. The van der Waals surface area contributed by atoms with E-state index < -0.39 is 0 Å². The van der Waals surface area contributed by atoms with Crippen molar-refractivity contribution in [2.45, 2.75) is 31.7 Å². The van der Waals surface area contributed by atoms with Crippen molar-refractivity contribution in [1.82, 2.24) is 20.0 Å². The van der Waals surface area contributed by atoms with Crippen LogP contribution < -0.4 is 5.32 Å². The molecule has 0 bridgehead atoms. The van der Waals surface area contributed by atoms with E-state index in [1.54, 1.807) is 0 Å². The molecule has 1 aliphatic carbocycles. The summed E-state index contributed by atoms with van der Waals surface area (Å²) in [5.41, 5.74) is 1.07. The van der Waals surface area contributed by atoms with E-state index >= 15 is 0 Å². The van der Waals surface area contributed by atoms with Gasteiger partial charge in [0.1, 0.15) is 6.04 Å². The second-order valence-corrected chi connectivity index (χ2v) is 10.1. The Balaban J connectivity index is 1.23. The minimum atomic E-state index is -0.206. The molecular weight excluding hydrogens is 408 g/mol. The number of nitrogens with zero attached hydrogens (tertiary/aromatic N) is 3. The van der Waals surface area contributed by atoms with Crippen LogP contribution in [0.4, 0.5) is 0 Å². The number of nitrogens with one attached hydrogen (secondary N) is 1. The molecule has 1 atom stereocenters. The van der Waals surface area contributed by atoms with Crippen LogP contribution in [0, 0.1) is 5.92 Å². The topological polar surface area (TPSA) is 55.9 Å². The first-order chi connectivity index (χ1) is 15.2. The third-order valence-electron chi connectivity index (χ3n) is 6.89. The molecule has 1 aromatic carbocycles. The largest absolute Gasteiger partial charge is 0.353 e. The number of hydrogen-bond acceptors (Lipinski definition) is 5. The number of amides is 2. The smallest absolute Gasteiger partial charge is 0.242 e. The van der Waals surface area contributed by atoms with Crippen LogP contribution in [0.5, 0.6) is 0 Å². The van der Waals surface area contributed by atoms with Crippen LogP contribution in [-0.4, -0.2) is 90.4 Å². The van der Waals surface area contributed by atoms with Crippen molar-refractivity contribution in [3.05, 3.63) is 35.9 Å². The normalized spacial score (nSPS) is 22.4. The third kappa shape index (κ3) is 6.02. The molecule has 0 spiro atoms. The first kappa shape index (κ1) is 22.6. The molecule has 1 unspecified atom stereocenters. The second-order valence-electron chi connectivity index (χ2n) is 8.90. The molecule has 3 aliphatic rings. The summed E-state index contributed by atoms with van der Waals surface area (Å²) < 4.78 is 0. The van der Waals surface area contributed by atoms with Gasteiger partial charge in [0.2, 0.25) is 11.8 Å². The molecule has 0 aromatic heterocycles. The molecule has 170 valence electrons. The van der Waals surface area contributed by atoms with E-state index in [1.807, 2.05) is 30.0 Å². The van der Waals surface area contributed by atoms with E-state index in [9.17, 15) is 9.59 Å². The molecule has 2 aliphatic heterocycles. The van der Waals surface area contributed by atoms with E-state index in [0.717, 1.165) is 75.7 Å². The highest BCUT2D eigenvalue weighted by Crippen LogP contribution is 2.27. The van der Waals surface area contributed by atoms with E-state index in [4.69, 9.17) is 0 Å². The van der Waals surface area contributed by atoms with Gasteiger partial charge in [0, 0.05) is 69.8 Å². The molecule has 31 heavy (non-hydrogen) atoms. The average molecular weight is 445 g/mol. The zero-order chi connectivity index (χ0) is 21.5. The SMILES string of the molecule is O=C(NCCN1CCN(C(=O)C2CCCC2)CC1)C(c1ccccc1)N1CCSCC1. The zero-order valence-electron chi connectivity index (χ0n) is 18.5. The predicted octanol–water partition coefficient (Wildman–Crippen LogP) is 2.23. The quantitative estimate of drug-likeness (QED) is 0.699. The summed E-state index contributed by atoms with van der Waals surface area (Å²) in [4.78, 5) is 32.5. The first-order valence-electron chi connectivity index (χ1n) is 11.9. The summed E-state index contributed by atoms with van der Waals surface area (Å²) in [5, 5.41) is 3.19. The lowest BCUT2D eigenvalue weighted by Crippen LogP contribution is -2.52. The molecule has 2 saturated heterocycles. The van der Waals surface area contributed by atoms with E-state index in [1.165, 1.54) is 12.8 Å². The summed E-state index contributed by atoms with van der Waals surface area (Å²) >= 11 is 1.96. The fourth-order valence-electron chi connectivity index (χ4n) is 5.06. The third-order valence-corrected chi connectivity index (χ3v) is 7.83. The van der Waals surface area contributed by atoms with Gasteiger partial charge in [-0.25, -0.2) is 0 Å². The van der Waals surface area contributed by atoms with Crippen molar-refractivity contribution in [1.29, 1.82) is 0 Å². The van der Waals surface area contributed by atoms with Crippen LogP contribution in [-0.2, 0) is 9.59 Å². The Morgan fingerprint density at radius 1 is 0.968 bits per heavy atom. The lowest BCUT2D eigenvalue weighted by molar-refractivity contribution is -0.137. The van der Waals surface area contributed by atoms with E-state index in [-0.39, 0.29) is 17.9 Å². The van der Waals surface area contributed by atoms with Gasteiger partial charge in [-0.3, -0.25) is 19.4 Å². The highest BCUT2D eigenvalue weighted by molar-refractivity contribution is 7.99. The van der Waals surface area contributed by atoms with Gasteiger partial charge < -0.3 is 10.2 Å². The Labute approximate surface area is 190 Å². The number of carbonyl (C=O) groups excluding carboxylic acids is 2. The maximum Gasteiger partial charge on any atom is 0.242 e. The Morgan fingerprint density at radius 2 is 1.65 bits per heavy atom. The van der Waals surface area contributed by atoms with Gasteiger partial charge in [0.15, 0.2) is 0 Å².